The minimum Gasteiger partial charge on any atom is -0.508 e. The number of anilines is 2. The van der Waals surface area contributed by atoms with E-state index in [2.05, 4.69) is 31.9 Å². The predicted octanol–water partition coefficient (Wildman–Crippen LogP) is 5.98. The second-order valence-corrected chi connectivity index (χ2v) is 13.6. The molecule has 7 rings (SSSR count). The van der Waals surface area contributed by atoms with Crippen LogP contribution >= 0.6 is 31.9 Å². The van der Waals surface area contributed by atoms with E-state index in [1.807, 2.05) is 6.08 Å². The number of imide groups is 2. The molecule has 3 fully saturated rings. The first-order valence-electron chi connectivity index (χ1n) is 14.6. The van der Waals surface area contributed by atoms with Gasteiger partial charge in [-0.25, -0.2) is 0 Å². The topological polar surface area (TPSA) is 113 Å². The number of hydrogen-bond acceptors (Lipinski definition) is 7. The maximum Gasteiger partial charge on any atom is 0.238 e. The van der Waals surface area contributed by atoms with Gasteiger partial charge in [0.05, 0.1) is 49.3 Å². The van der Waals surface area contributed by atoms with Gasteiger partial charge in [0, 0.05) is 32.6 Å². The highest BCUT2D eigenvalue weighted by Crippen LogP contribution is 2.61. The molecule has 2 aliphatic heterocycles. The van der Waals surface area contributed by atoms with Crippen LogP contribution in [0.5, 0.6) is 17.2 Å². The van der Waals surface area contributed by atoms with Gasteiger partial charge in [-0.15, -0.1) is 0 Å². The molecular formula is C34H28Br2N2O7. The Kier molecular flexibility index (Phi) is 7.36. The highest BCUT2D eigenvalue weighted by Gasteiger charge is 2.63. The molecule has 6 atom stereocenters. The first-order chi connectivity index (χ1) is 21.6. The number of rotatable bonds is 5. The van der Waals surface area contributed by atoms with Gasteiger partial charge in [-0.1, -0.05) is 43.5 Å². The summed E-state index contributed by atoms with van der Waals surface area (Å²) in [5.41, 5.74) is 2.26. The van der Waals surface area contributed by atoms with Crippen LogP contribution in [0, 0.1) is 29.6 Å². The molecule has 3 aromatic carbocycles. The number of benzene rings is 3. The van der Waals surface area contributed by atoms with Crippen LogP contribution in [-0.4, -0.2) is 43.0 Å². The fourth-order valence-electron chi connectivity index (χ4n) is 7.83. The molecule has 3 aromatic rings. The van der Waals surface area contributed by atoms with Crippen molar-refractivity contribution in [3.8, 4) is 17.2 Å². The predicted molar refractivity (Wildman–Crippen MR) is 172 cm³/mol. The lowest BCUT2D eigenvalue weighted by Gasteiger charge is -2.44. The smallest absolute Gasteiger partial charge is 0.238 e. The summed E-state index contributed by atoms with van der Waals surface area (Å²) >= 11 is 6.83. The molecule has 4 amide bonds. The molecule has 230 valence electrons. The van der Waals surface area contributed by atoms with E-state index in [-0.39, 0.29) is 35.8 Å². The third-order valence-corrected chi connectivity index (χ3v) is 10.7. The van der Waals surface area contributed by atoms with Crippen molar-refractivity contribution < 1.29 is 33.8 Å². The molecule has 11 heteroatoms. The molecule has 0 aromatic heterocycles. The summed E-state index contributed by atoms with van der Waals surface area (Å²) in [6, 6.07) is 16.9. The number of carbonyl (C=O) groups is 4. The number of carbonyl (C=O) groups excluding carboxylic acids is 4. The zero-order valence-corrected chi connectivity index (χ0v) is 27.4. The highest BCUT2D eigenvalue weighted by atomic mass is 79.9. The van der Waals surface area contributed by atoms with E-state index >= 15 is 0 Å². The fraction of sp³-hybridized carbons (Fsp3) is 0.294. The molecule has 1 saturated carbocycles. The summed E-state index contributed by atoms with van der Waals surface area (Å²) < 4.78 is 13.1. The minimum atomic E-state index is -0.817. The molecule has 2 saturated heterocycles. The van der Waals surface area contributed by atoms with Crippen molar-refractivity contribution in [2.24, 2.45) is 29.6 Å². The molecule has 6 unspecified atom stereocenters. The second kappa shape index (κ2) is 11.1. The first-order valence-corrected chi connectivity index (χ1v) is 16.1. The molecular weight excluding hydrogens is 708 g/mol. The summed E-state index contributed by atoms with van der Waals surface area (Å²) in [4.78, 5) is 59.0. The lowest BCUT2D eigenvalue weighted by atomic mass is 9.57. The van der Waals surface area contributed by atoms with Crippen molar-refractivity contribution in [3.63, 3.8) is 0 Å². The second-order valence-electron chi connectivity index (χ2n) is 11.8. The Morgan fingerprint density at radius 1 is 0.689 bits per heavy atom. The van der Waals surface area contributed by atoms with E-state index in [0.717, 1.165) is 14.5 Å². The average molecular weight is 736 g/mol. The molecule has 2 aliphatic carbocycles. The summed E-state index contributed by atoms with van der Waals surface area (Å²) in [6.07, 6.45) is 2.51. The van der Waals surface area contributed by atoms with Crippen LogP contribution in [-0.2, 0) is 19.2 Å². The first kappa shape index (κ1) is 29.7. The Morgan fingerprint density at radius 2 is 1.18 bits per heavy atom. The number of fused-ring (bicyclic) bond motifs is 4. The van der Waals surface area contributed by atoms with Crippen LogP contribution in [0.4, 0.5) is 11.4 Å². The maximum absolute atomic E-state index is 14.4. The largest absolute Gasteiger partial charge is 0.508 e. The van der Waals surface area contributed by atoms with Gasteiger partial charge in [0.15, 0.2) is 0 Å². The molecule has 0 bridgehead atoms. The van der Waals surface area contributed by atoms with Crippen LogP contribution in [0.3, 0.4) is 0 Å². The number of hydrogen-bond donors (Lipinski definition) is 1. The highest BCUT2D eigenvalue weighted by molar-refractivity contribution is 9.10. The van der Waals surface area contributed by atoms with E-state index in [4.69, 9.17) is 9.47 Å². The fourth-order valence-corrected chi connectivity index (χ4v) is 8.36. The van der Waals surface area contributed by atoms with E-state index in [9.17, 15) is 24.3 Å². The van der Waals surface area contributed by atoms with Gasteiger partial charge >= 0.3 is 0 Å². The number of aromatic hydroxyl groups is 1. The number of allylic oxidation sites excluding steroid dienone is 2. The average Bonchev–Trinajstić information content (AvgIpc) is 3.44. The van der Waals surface area contributed by atoms with Crippen LogP contribution in [0.2, 0.25) is 0 Å². The number of ether oxygens (including phenoxy) is 2. The van der Waals surface area contributed by atoms with Gasteiger partial charge in [-0.2, -0.15) is 0 Å². The lowest BCUT2D eigenvalue weighted by molar-refractivity contribution is -0.126. The standard InChI is InChI=1S/C34H28Br2N2O7/c1-44-25-13-20(39)14-26(45-2)30(25)28-21-11-12-22-27(33(42)37(31(22)40)18-7-3-16(35)4-8-18)23(21)15-24-29(28)34(43)38(32(24)41)19-9-5-17(36)6-10-19/h3-11,13-14,22-24,27-29,39H,12,15H2,1-2H3. The van der Waals surface area contributed by atoms with Gasteiger partial charge in [0.25, 0.3) is 0 Å². The number of nitrogens with zero attached hydrogens (tertiary/aromatic N) is 2. The Bertz CT molecular complexity index is 1760. The zero-order valence-electron chi connectivity index (χ0n) is 24.3. The molecule has 1 N–H and O–H groups in total. The Balaban J connectivity index is 1.38. The van der Waals surface area contributed by atoms with E-state index in [0.29, 0.717) is 34.9 Å². The maximum atomic E-state index is 14.4. The quantitative estimate of drug-likeness (QED) is 0.254. The lowest BCUT2D eigenvalue weighted by Crippen LogP contribution is -2.43. The van der Waals surface area contributed by atoms with Crippen LogP contribution in [0.1, 0.15) is 24.3 Å². The SMILES string of the molecule is COc1cc(O)cc(OC)c1C1C2=CCC3C(=O)N(c4ccc(Br)cc4)C(=O)C3C2CC2C(=O)N(c3ccc(Br)cc3)C(=O)C21. The van der Waals surface area contributed by atoms with Gasteiger partial charge in [0.2, 0.25) is 23.6 Å². The van der Waals surface area contributed by atoms with Crippen LogP contribution in [0.15, 0.2) is 81.3 Å². The minimum absolute atomic E-state index is 0.0823. The molecule has 0 radical (unpaired) electrons. The number of phenolic OH excluding ortho intramolecular Hbond substituents is 1. The van der Waals surface area contributed by atoms with Crippen molar-refractivity contribution in [1.29, 1.82) is 0 Å². The number of methoxy groups -OCH3 is 2. The van der Waals surface area contributed by atoms with Crippen molar-refractivity contribution in [2.75, 3.05) is 24.0 Å². The molecule has 0 spiro atoms. The molecule has 45 heavy (non-hydrogen) atoms. The summed E-state index contributed by atoms with van der Waals surface area (Å²) in [6.45, 7) is 0. The summed E-state index contributed by atoms with van der Waals surface area (Å²) in [7, 11) is 2.93. The van der Waals surface area contributed by atoms with E-state index in [1.165, 1.54) is 36.2 Å². The summed E-state index contributed by atoms with van der Waals surface area (Å²) in [5.74, 6) is -4.86. The van der Waals surface area contributed by atoms with Crippen molar-refractivity contribution in [3.05, 3.63) is 86.8 Å². The molecule has 4 aliphatic rings. The van der Waals surface area contributed by atoms with E-state index in [1.54, 1.807) is 48.5 Å². The van der Waals surface area contributed by atoms with Gasteiger partial charge < -0.3 is 14.6 Å². The number of amides is 4. The van der Waals surface area contributed by atoms with Crippen LogP contribution < -0.4 is 19.3 Å². The Hall–Kier alpha value is -3.96. The van der Waals surface area contributed by atoms with Gasteiger partial charge in [-0.3, -0.25) is 29.0 Å². The number of phenols is 1. The van der Waals surface area contributed by atoms with E-state index < -0.39 is 35.5 Å². The number of halogens is 2. The van der Waals surface area contributed by atoms with Crippen molar-refractivity contribution in [2.45, 2.75) is 18.8 Å². The van der Waals surface area contributed by atoms with Crippen molar-refractivity contribution >= 4 is 66.9 Å². The Labute approximate surface area is 276 Å². The normalized spacial score (nSPS) is 27.2. The third-order valence-electron chi connectivity index (χ3n) is 9.66. The van der Waals surface area contributed by atoms with Gasteiger partial charge in [-0.05, 0) is 67.3 Å². The zero-order chi connectivity index (χ0) is 31.7. The van der Waals surface area contributed by atoms with Crippen molar-refractivity contribution in [1.82, 2.24) is 0 Å². The molecule has 9 nitrogen and oxygen atoms in total. The molecule has 2 heterocycles. The van der Waals surface area contributed by atoms with Crippen LogP contribution in [0.25, 0.3) is 0 Å². The summed E-state index contributed by atoms with van der Waals surface area (Å²) in [5, 5.41) is 10.4. The Morgan fingerprint density at radius 3 is 1.69 bits per heavy atom. The monoisotopic (exact) mass is 734 g/mol. The van der Waals surface area contributed by atoms with Gasteiger partial charge in [0.1, 0.15) is 17.2 Å². The third kappa shape index (κ3) is 4.53.